The standard InChI is InChI=1S/C11H11ClN4/c1-7-9(12)15-11(16-10(7)13-2)8-3-5-14-6-4-8/h3-6H,1-2H3,(H,13,15,16). The molecule has 16 heavy (non-hydrogen) atoms. The van der Waals surface area contributed by atoms with Crippen LogP contribution in [-0.4, -0.2) is 22.0 Å². The van der Waals surface area contributed by atoms with Crippen LogP contribution in [0.3, 0.4) is 0 Å². The molecular formula is C11H11ClN4. The average molecular weight is 235 g/mol. The Balaban J connectivity index is 2.55. The van der Waals surface area contributed by atoms with E-state index in [4.69, 9.17) is 11.6 Å². The Hall–Kier alpha value is -1.68. The summed E-state index contributed by atoms with van der Waals surface area (Å²) in [6.07, 6.45) is 3.40. The van der Waals surface area contributed by atoms with Gasteiger partial charge < -0.3 is 5.32 Å². The highest BCUT2D eigenvalue weighted by atomic mass is 35.5. The first-order valence-corrected chi connectivity index (χ1v) is 5.22. The van der Waals surface area contributed by atoms with E-state index in [2.05, 4.69) is 20.3 Å². The third-order valence-corrected chi connectivity index (χ3v) is 2.63. The number of hydrogen-bond acceptors (Lipinski definition) is 4. The molecule has 0 fully saturated rings. The summed E-state index contributed by atoms with van der Waals surface area (Å²) in [5, 5.41) is 3.46. The molecule has 0 radical (unpaired) electrons. The van der Waals surface area contributed by atoms with Crippen molar-refractivity contribution in [3.63, 3.8) is 0 Å². The molecular weight excluding hydrogens is 224 g/mol. The van der Waals surface area contributed by atoms with Crippen molar-refractivity contribution >= 4 is 17.4 Å². The number of pyridine rings is 1. The van der Waals surface area contributed by atoms with Crippen molar-refractivity contribution in [2.75, 3.05) is 12.4 Å². The molecule has 5 heteroatoms. The second-order valence-electron chi connectivity index (χ2n) is 3.30. The normalized spacial score (nSPS) is 10.2. The summed E-state index contributed by atoms with van der Waals surface area (Å²) in [6, 6.07) is 3.70. The fourth-order valence-corrected chi connectivity index (χ4v) is 1.53. The quantitative estimate of drug-likeness (QED) is 0.812. The number of nitrogens with zero attached hydrogens (tertiary/aromatic N) is 3. The molecule has 0 aliphatic carbocycles. The minimum absolute atomic E-state index is 0.464. The average Bonchev–Trinajstić information content (AvgIpc) is 2.33. The zero-order valence-corrected chi connectivity index (χ0v) is 9.78. The van der Waals surface area contributed by atoms with Crippen molar-refractivity contribution in [2.24, 2.45) is 0 Å². The zero-order chi connectivity index (χ0) is 11.5. The maximum atomic E-state index is 6.04. The van der Waals surface area contributed by atoms with Gasteiger partial charge in [0.1, 0.15) is 11.0 Å². The number of aromatic nitrogens is 3. The Morgan fingerprint density at radius 1 is 1.19 bits per heavy atom. The van der Waals surface area contributed by atoms with E-state index in [1.807, 2.05) is 26.1 Å². The molecule has 2 aromatic heterocycles. The molecule has 82 valence electrons. The van der Waals surface area contributed by atoms with Gasteiger partial charge in [0.25, 0.3) is 0 Å². The molecule has 0 saturated carbocycles. The van der Waals surface area contributed by atoms with Crippen molar-refractivity contribution in [1.29, 1.82) is 0 Å². The second-order valence-corrected chi connectivity index (χ2v) is 3.66. The van der Waals surface area contributed by atoms with Crippen molar-refractivity contribution in [3.05, 3.63) is 35.2 Å². The zero-order valence-electron chi connectivity index (χ0n) is 9.03. The van der Waals surface area contributed by atoms with Crippen molar-refractivity contribution in [2.45, 2.75) is 6.92 Å². The van der Waals surface area contributed by atoms with E-state index in [-0.39, 0.29) is 0 Å². The van der Waals surface area contributed by atoms with E-state index in [1.165, 1.54) is 0 Å². The monoisotopic (exact) mass is 234 g/mol. The summed E-state index contributed by atoms with van der Waals surface area (Å²) in [5.41, 5.74) is 1.75. The predicted molar refractivity (Wildman–Crippen MR) is 64.6 cm³/mol. The second kappa shape index (κ2) is 4.45. The van der Waals surface area contributed by atoms with Crippen LogP contribution >= 0.6 is 11.6 Å². The lowest BCUT2D eigenvalue weighted by Crippen LogP contribution is -2.00. The van der Waals surface area contributed by atoms with Crippen molar-refractivity contribution in [1.82, 2.24) is 15.0 Å². The first-order valence-electron chi connectivity index (χ1n) is 4.84. The first kappa shape index (κ1) is 10.8. The minimum atomic E-state index is 0.464. The smallest absolute Gasteiger partial charge is 0.163 e. The van der Waals surface area contributed by atoms with Crippen LogP contribution in [0.4, 0.5) is 5.82 Å². The Bertz CT molecular complexity index is 499. The van der Waals surface area contributed by atoms with Gasteiger partial charge >= 0.3 is 0 Å². The summed E-state index contributed by atoms with van der Waals surface area (Å²) < 4.78 is 0. The highest BCUT2D eigenvalue weighted by Gasteiger charge is 2.09. The Labute approximate surface area is 98.7 Å². The molecule has 1 N–H and O–H groups in total. The molecule has 0 aliphatic heterocycles. The topological polar surface area (TPSA) is 50.7 Å². The van der Waals surface area contributed by atoms with Gasteiger partial charge in [0.2, 0.25) is 0 Å². The van der Waals surface area contributed by atoms with Gasteiger partial charge in [-0.15, -0.1) is 0 Å². The fraction of sp³-hybridized carbons (Fsp3) is 0.182. The molecule has 4 nitrogen and oxygen atoms in total. The third kappa shape index (κ3) is 1.97. The molecule has 0 aliphatic rings. The van der Waals surface area contributed by atoms with Crippen LogP contribution < -0.4 is 5.32 Å². The Kier molecular flexibility index (Phi) is 3.01. The maximum absolute atomic E-state index is 6.04. The van der Waals surface area contributed by atoms with Gasteiger partial charge in [-0.1, -0.05) is 11.6 Å². The highest BCUT2D eigenvalue weighted by molar-refractivity contribution is 6.30. The SMILES string of the molecule is CNc1nc(-c2ccncc2)nc(Cl)c1C. The molecule has 2 aromatic rings. The largest absolute Gasteiger partial charge is 0.373 e. The van der Waals surface area contributed by atoms with Crippen LogP contribution in [0.25, 0.3) is 11.4 Å². The van der Waals surface area contributed by atoms with Crippen molar-refractivity contribution in [3.8, 4) is 11.4 Å². The molecule has 0 spiro atoms. The summed E-state index contributed by atoms with van der Waals surface area (Å²) in [7, 11) is 1.81. The molecule has 0 unspecified atom stereocenters. The number of nitrogens with one attached hydrogen (secondary N) is 1. The van der Waals surface area contributed by atoms with Crippen LogP contribution in [-0.2, 0) is 0 Å². The maximum Gasteiger partial charge on any atom is 0.163 e. The minimum Gasteiger partial charge on any atom is -0.373 e. The van der Waals surface area contributed by atoms with Crippen molar-refractivity contribution < 1.29 is 0 Å². The summed E-state index contributed by atoms with van der Waals surface area (Å²) in [5.74, 6) is 1.34. The van der Waals surface area contributed by atoms with Crippen LogP contribution in [0.15, 0.2) is 24.5 Å². The van der Waals surface area contributed by atoms with Gasteiger partial charge in [-0.3, -0.25) is 4.98 Å². The van der Waals surface area contributed by atoms with Gasteiger partial charge in [-0.25, -0.2) is 9.97 Å². The molecule has 0 amide bonds. The highest BCUT2D eigenvalue weighted by Crippen LogP contribution is 2.23. The van der Waals surface area contributed by atoms with E-state index in [9.17, 15) is 0 Å². The van der Waals surface area contributed by atoms with Gasteiger partial charge in [0.05, 0.1) is 0 Å². The first-order chi connectivity index (χ1) is 7.72. The number of hydrogen-bond donors (Lipinski definition) is 1. The van der Waals surface area contributed by atoms with Crippen LogP contribution in [0.2, 0.25) is 5.15 Å². The Morgan fingerprint density at radius 2 is 1.88 bits per heavy atom. The fourth-order valence-electron chi connectivity index (χ4n) is 1.36. The van der Waals surface area contributed by atoms with E-state index in [1.54, 1.807) is 12.4 Å². The summed E-state index contributed by atoms with van der Waals surface area (Å²) in [6.45, 7) is 1.88. The van der Waals surface area contributed by atoms with Crippen LogP contribution in [0.5, 0.6) is 0 Å². The molecule has 2 rings (SSSR count). The van der Waals surface area contributed by atoms with Gasteiger partial charge in [-0.05, 0) is 19.1 Å². The number of anilines is 1. The van der Waals surface area contributed by atoms with Gasteiger partial charge in [-0.2, -0.15) is 0 Å². The number of rotatable bonds is 2. The van der Waals surface area contributed by atoms with Crippen LogP contribution in [0.1, 0.15) is 5.56 Å². The lowest BCUT2D eigenvalue weighted by molar-refractivity contribution is 1.13. The predicted octanol–water partition coefficient (Wildman–Crippen LogP) is 2.54. The lowest BCUT2D eigenvalue weighted by atomic mass is 10.2. The molecule has 0 aromatic carbocycles. The summed E-state index contributed by atoms with van der Waals surface area (Å²) in [4.78, 5) is 12.6. The molecule has 0 atom stereocenters. The molecule has 2 heterocycles. The number of halogens is 1. The van der Waals surface area contributed by atoms with E-state index in [0.717, 1.165) is 16.9 Å². The van der Waals surface area contributed by atoms with E-state index >= 15 is 0 Å². The van der Waals surface area contributed by atoms with Gasteiger partial charge in [0, 0.05) is 30.6 Å². The molecule has 0 bridgehead atoms. The third-order valence-electron chi connectivity index (χ3n) is 2.26. The van der Waals surface area contributed by atoms with E-state index in [0.29, 0.717) is 11.0 Å². The van der Waals surface area contributed by atoms with E-state index < -0.39 is 0 Å². The lowest BCUT2D eigenvalue weighted by Gasteiger charge is -2.08. The van der Waals surface area contributed by atoms with Crippen LogP contribution in [0, 0.1) is 6.92 Å². The summed E-state index contributed by atoms with van der Waals surface area (Å²) >= 11 is 6.04. The Morgan fingerprint density at radius 3 is 2.50 bits per heavy atom. The molecule has 0 saturated heterocycles. The van der Waals surface area contributed by atoms with Gasteiger partial charge in [0.15, 0.2) is 5.82 Å².